The van der Waals surface area contributed by atoms with Crippen molar-refractivity contribution in [1.82, 2.24) is 0 Å². The molecule has 0 aliphatic heterocycles. The molecule has 1 aromatic carbocycles. The SMILES string of the molecule is C#[N+]C(=O)c1ccc(C(C)=O)c(C)c1. The van der Waals surface area contributed by atoms with Gasteiger partial charge in [0.05, 0.1) is 0 Å². The molecule has 0 fully saturated rings. The Morgan fingerprint density at radius 1 is 1.36 bits per heavy atom. The number of nitrogens with zero attached hydrogens (tertiary/aromatic N) is 1. The van der Waals surface area contributed by atoms with Crippen LogP contribution < -0.4 is 0 Å². The maximum atomic E-state index is 11.1. The molecule has 0 radical (unpaired) electrons. The van der Waals surface area contributed by atoms with E-state index in [1.165, 1.54) is 6.92 Å². The topological polar surface area (TPSA) is 38.5 Å². The monoisotopic (exact) mass is 188 g/mol. The molecular formula is C11H10NO2+. The van der Waals surface area contributed by atoms with E-state index in [1.54, 1.807) is 25.1 Å². The van der Waals surface area contributed by atoms with E-state index in [-0.39, 0.29) is 5.78 Å². The van der Waals surface area contributed by atoms with E-state index in [4.69, 9.17) is 6.57 Å². The first-order valence-corrected chi connectivity index (χ1v) is 4.13. The lowest BCUT2D eigenvalue weighted by atomic mass is 10.0. The van der Waals surface area contributed by atoms with Crippen molar-refractivity contribution in [2.24, 2.45) is 0 Å². The van der Waals surface area contributed by atoms with Crippen molar-refractivity contribution in [3.63, 3.8) is 0 Å². The van der Waals surface area contributed by atoms with Gasteiger partial charge in [-0.25, -0.2) is 0 Å². The Hall–Kier alpha value is -1.95. The zero-order valence-electron chi connectivity index (χ0n) is 8.07. The molecule has 3 heteroatoms. The first kappa shape index (κ1) is 10.1. The Bertz CT molecular complexity index is 441. The molecule has 0 saturated heterocycles. The zero-order chi connectivity index (χ0) is 10.7. The number of ketones is 1. The van der Waals surface area contributed by atoms with Gasteiger partial charge in [0.15, 0.2) is 5.78 Å². The van der Waals surface area contributed by atoms with Crippen LogP contribution in [-0.2, 0) is 0 Å². The lowest BCUT2D eigenvalue weighted by Gasteiger charge is -2.00. The Kier molecular flexibility index (Phi) is 2.78. The molecule has 1 rings (SSSR count). The van der Waals surface area contributed by atoms with Gasteiger partial charge in [0, 0.05) is 10.4 Å². The summed E-state index contributed by atoms with van der Waals surface area (Å²) in [6, 6.07) is 4.76. The van der Waals surface area contributed by atoms with E-state index < -0.39 is 5.91 Å². The second kappa shape index (κ2) is 3.84. The predicted octanol–water partition coefficient (Wildman–Crippen LogP) is 2.30. The largest absolute Gasteiger partial charge is 0.547 e. The van der Waals surface area contributed by atoms with E-state index in [0.717, 1.165) is 5.56 Å². The second-order valence-electron chi connectivity index (χ2n) is 3.02. The summed E-state index contributed by atoms with van der Waals surface area (Å²) in [5, 5.41) is 0. The molecular weight excluding hydrogens is 178 g/mol. The summed E-state index contributed by atoms with van der Waals surface area (Å²) in [4.78, 5) is 25.2. The van der Waals surface area contributed by atoms with Crippen molar-refractivity contribution in [2.45, 2.75) is 13.8 Å². The van der Waals surface area contributed by atoms with Crippen molar-refractivity contribution < 1.29 is 9.59 Å². The predicted molar refractivity (Wildman–Crippen MR) is 53.8 cm³/mol. The lowest BCUT2D eigenvalue weighted by molar-refractivity contribution is 0.101. The van der Waals surface area contributed by atoms with Crippen molar-refractivity contribution in [2.75, 3.05) is 0 Å². The molecule has 1 amide bonds. The molecule has 14 heavy (non-hydrogen) atoms. The fourth-order valence-electron chi connectivity index (χ4n) is 1.27. The molecule has 0 atom stereocenters. The molecule has 70 valence electrons. The Labute approximate surface area is 82.2 Å². The molecule has 3 nitrogen and oxygen atoms in total. The van der Waals surface area contributed by atoms with E-state index >= 15 is 0 Å². The molecule has 0 spiro atoms. The minimum absolute atomic E-state index is 0.0220. The average molecular weight is 188 g/mol. The number of Topliss-reactive ketones (excluding diaryl/α,β-unsaturated/α-hetero) is 1. The van der Waals surface area contributed by atoms with Gasteiger partial charge in [0.1, 0.15) is 5.56 Å². The smallest absolute Gasteiger partial charge is 0.295 e. The average Bonchev–Trinajstić information content (AvgIpc) is 2.15. The summed E-state index contributed by atoms with van der Waals surface area (Å²) in [6.07, 6.45) is 0. The first-order valence-electron chi connectivity index (χ1n) is 4.13. The van der Waals surface area contributed by atoms with Crippen molar-refractivity contribution >= 4 is 11.7 Å². The third-order valence-corrected chi connectivity index (χ3v) is 1.97. The zero-order valence-corrected chi connectivity index (χ0v) is 8.07. The maximum Gasteiger partial charge on any atom is 0.547 e. The van der Waals surface area contributed by atoms with Crippen LogP contribution in [0.15, 0.2) is 18.2 Å². The Morgan fingerprint density at radius 3 is 2.43 bits per heavy atom. The highest BCUT2D eigenvalue weighted by atomic mass is 16.1. The maximum absolute atomic E-state index is 11.1. The van der Waals surface area contributed by atoms with Gasteiger partial charge in [-0.2, -0.15) is 4.79 Å². The summed E-state index contributed by atoms with van der Waals surface area (Å²) in [5.74, 6) is -0.505. The highest BCUT2D eigenvalue weighted by Crippen LogP contribution is 2.12. The molecule has 0 aromatic heterocycles. The van der Waals surface area contributed by atoms with Gasteiger partial charge in [0.25, 0.3) is 6.57 Å². The summed E-state index contributed by atoms with van der Waals surface area (Å²) < 4.78 is 0. The van der Waals surface area contributed by atoms with Crippen molar-refractivity contribution in [3.8, 4) is 6.57 Å². The van der Waals surface area contributed by atoms with Crippen LogP contribution in [0.25, 0.3) is 4.85 Å². The number of hydrogen-bond acceptors (Lipinski definition) is 2. The van der Waals surface area contributed by atoms with Gasteiger partial charge in [-0.15, -0.1) is 0 Å². The van der Waals surface area contributed by atoms with Crippen molar-refractivity contribution in [3.05, 3.63) is 39.7 Å². The van der Waals surface area contributed by atoms with Crippen LogP contribution in [0, 0.1) is 13.5 Å². The van der Waals surface area contributed by atoms with Crippen LogP contribution in [0.2, 0.25) is 0 Å². The lowest BCUT2D eigenvalue weighted by Crippen LogP contribution is -1.99. The van der Waals surface area contributed by atoms with Crippen molar-refractivity contribution in [1.29, 1.82) is 0 Å². The number of aryl methyl sites for hydroxylation is 1. The molecule has 1 aromatic rings. The van der Waals surface area contributed by atoms with Crippen LogP contribution in [0.5, 0.6) is 0 Å². The molecule has 0 N–H and O–H groups in total. The number of carbonyl (C=O) groups is 2. The van der Waals surface area contributed by atoms with Gasteiger partial charge >= 0.3 is 5.91 Å². The van der Waals surface area contributed by atoms with E-state index in [1.807, 2.05) is 0 Å². The van der Waals surface area contributed by atoms with Crippen LogP contribution in [0.4, 0.5) is 0 Å². The van der Waals surface area contributed by atoms with Crippen LogP contribution in [-0.4, -0.2) is 11.7 Å². The van der Waals surface area contributed by atoms with E-state index in [2.05, 4.69) is 4.85 Å². The third kappa shape index (κ3) is 1.86. The van der Waals surface area contributed by atoms with Crippen LogP contribution >= 0.6 is 0 Å². The van der Waals surface area contributed by atoms with Crippen LogP contribution in [0.1, 0.15) is 33.2 Å². The second-order valence-corrected chi connectivity index (χ2v) is 3.02. The highest BCUT2D eigenvalue weighted by molar-refractivity contribution is 6.03. The molecule has 0 aliphatic carbocycles. The minimum atomic E-state index is -0.483. The number of carbonyl (C=O) groups excluding carboxylic acids is 2. The molecule has 0 unspecified atom stereocenters. The number of benzene rings is 1. The van der Waals surface area contributed by atoms with Gasteiger partial charge in [-0.1, -0.05) is 6.07 Å². The Balaban J connectivity index is 3.21. The summed E-state index contributed by atoms with van der Waals surface area (Å²) in [7, 11) is 0. The Morgan fingerprint density at radius 2 is 2.00 bits per heavy atom. The number of rotatable bonds is 2. The standard InChI is InChI=1S/C11H10NO2/c1-7-6-9(11(14)12-3)4-5-10(7)8(2)13/h3-6H,1-2H3/q+1. The highest BCUT2D eigenvalue weighted by Gasteiger charge is 2.15. The number of hydrogen-bond donors (Lipinski definition) is 0. The summed E-state index contributed by atoms with van der Waals surface area (Å²) >= 11 is 0. The van der Waals surface area contributed by atoms with Crippen LogP contribution in [0.3, 0.4) is 0 Å². The molecule has 0 bridgehead atoms. The molecule has 0 saturated carbocycles. The fraction of sp³-hybridized carbons (Fsp3) is 0.182. The number of amides is 1. The fourth-order valence-corrected chi connectivity index (χ4v) is 1.27. The van der Waals surface area contributed by atoms with Gasteiger partial charge in [0.2, 0.25) is 0 Å². The van der Waals surface area contributed by atoms with Gasteiger partial charge in [-0.3, -0.25) is 4.79 Å². The molecule has 0 aliphatic rings. The normalized spacial score (nSPS) is 9.21. The summed E-state index contributed by atoms with van der Waals surface area (Å²) in [6.45, 7) is 8.11. The third-order valence-electron chi connectivity index (χ3n) is 1.97. The van der Waals surface area contributed by atoms with E-state index in [0.29, 0.717) is 11.1 Å². The van der Waals surface area contributed by atoms with E-state index in [9.17, 15) is 9.59 Å². The summed E-state index contributed by atoms with van der Waals surface area (Å²) in [5.41, 5.74) is 1.76. The van der Waals surface area contributed by atoms with Gasteiger partial charge in [-0.05, 0) is 31.5 Å². The minimum Gasteiger partial charge on any atom is -0.295 e. The quantitative estimate of drug-likeness (QED) is 0.668. The molecule has 0 heterocycles. The first-order chi connectivity index (χ1) is 6.56. The van der Waals surface area contributed by atoms with Gasteiger partial charge < -0.3 is 0 Å².